The number of hydrogen-bond acceptors (Lipinski definition) is 3. The molecule has 0 aliphatic heterocycles. The smallest absolute Gasteiger partial charge is 0.255 e. The zero-order valence-electron chi connectivity index (χ0n) is 16.1. The minimum atomic E-state index is -1.17. The van der Waals surface area contributed by atoms with E-state index in [1.54, 1.807) is 48.9 Å². The van der Waals surface area contributed by atoms with Crippen molar-refractivity contribution < 1.29 is 9.00 Å². The molecule has 0 aliphatic rings. The van der Waals surface area contributed by atoms with Crippen molar-refractivity contribution in [3.05, 3.63) is 89.6 Å². The molecule has 1 atom stereocenters. The van der Waals surface area contributed by atoms with E-state index in [1.807, 2.05) is 36.4 Å². The number of nitrogens with one attached hydrogen (secondary N) is 2. The van der Waals surface area contributed by atoms with Gasteiger partial charge in [0.1, 0.15) is 11.0 Å². The Labute approximate surface area is 181 Å². The van der Waals surface area contributed by atoms with Gasteiger partial charge in [-0.25, -0.2) is 4.21 Å². The number of carbonyl (C=O) groups excluding carboxylic acids is 1. The third-order valence-electron chi connectivity index (χ3n) is 4.56. The van der Waals surface area contributed by atoms with Crippen LogP contribution >= 0.6 is 11.6 Å². The van der Waals surface area contributed by atoms with E-state index in [4.69, 9.17) is 11.6 Å². The maximum atomic E-state index is 12.7. The van der Waals surface area contributed by atoms with E-state index in [-0.39, 0.29) is 5.91 Å². The molecule has 0 saturated carbocycles. The van der Waals surface area contributed by atoms with E-state index in [9.17, 15) is 9.00 Å². The molecular formula is C23H18ClN3O2S. The van der Waals surface area contributed by atoms with E-state index < -0.39 is 11.0 Å². The van der Waals surface area contributed by atoms with Crippen LogP contribution in [0.1, 0.15) is 10.4 Å². The molecular weight excluding hydrogens is 418 g/mol. The summed E-state index contributed by atoms with van der Waals surface area (Å²) in [5, 5.41) is 5.51. The van der Waals surface area contributed by atoms with Gasteiger partial charge in [-0.3, -0.25) is 9.78 Å². The number of nitrogens with zero attached hydrogens (tertiary/aromatic N) is 1. The zero-order chi connectivity index (χ0) is 21.1. The molecule has 5 nitrogen and oxygen atoms in total. The molecule has 0 saturated heterocycles. The number of carbonyl (C=O) groups is 1. The number of halogens is 1. The Bertz CT molecular complexity index is 1250. The van der Waals surface area contributed by atoms with Crippen LogP contribution < -0.4 is 10.0 Å². The number of fused-ring (bicyclic) bond motifs is 1. The quantitative estimate of drug-likeness (QED) is 0.434. The van der Waals surface area contributed by atoms with Gasteiger partial charge in [0.05, 0.1) is 10.7 Å². The van der Waals surface area contributed by atoms with Crippen molar-refractivity contribution >= 4 is 50.6 Å². The first-order chi connectivity index (χ1) is 14.5. The fourth-order valence-corrected chi connectivity index (χ4v) is 3.85. The first-order valence-corrected chi connectivity index (χ1v) is 11.1. The van der Waals surface area contributed by atoms with Crippen LogP contribution in [-0.2, 0) is 11.0 Å². The lowest BCUT2D eigenvalue weighted by atomic mass is 10.0. The number of aromatic nitrogens is 1. The maximum Gasteiger partial charge on any atom is 0.255 e. The lowest BCUT2D eigenvalue weighted by Crippen LogP contribution is -2.12. The SMILES string of the molecule is CS(=O)Nc1ccc(C(=O)Nc2ccc(Cl)c(-c3nccc4ccccc34)c2)cc1. The highest BCUT2D eigenvalue weighted by Gasteiger charge is 2.12. The summed E-state index contributed by atoms with van der Waals surface area (Å²) in [6.07, 6.45) is 3.29. The fraction of sp³-hybridized carbons (Fsp3) is 0.0435. The standard InChI is InChI=1S/C23H18ClN3O2S/c1-30(29)27-17-8-6-16(7-9-17)23(28)26-18-10-11-21(24)20(14-18)22-19-5-3-2-4-15(19)12-13-25-22/h2-14,27H,1H3,(H,26,28). The van der Waals surface area contributed by atoms with Crippen molar-refractivity contribution in [2.75, 3.05) is 16.3 Å². The van der Waals surface area contributed by atoms with Crippen LogP contribution in [0, 0.1) is 0 Å². The predicted molar refractivity (Wildman–Crippen MR) is 124 cm³/mol. The second kappa shape index (κ2) is 8.65. The third kappa shape index (κ3) is 4.35. The summed E-state index contributed by atoms with van der Waals surface area (Å²) in [5.41, 5.74) is 3.30. The van der Waals surface area contributed by atoms with Crippen molar-refractivity contribution in [1.82, 2.24) is 4.98 Å². The molecule has 2 N–H and O–H groups in total. The van der Waals surface area contributed by atoms with Gasteiger partial charge in [-0.2, -0.15) is 0 Å². The lowest BCUT2D eigenvalue weighted by Gasteiger charge is -2.11. The molecule has 1 amide bonds. The Morgan fingerprint density at radius 2 is 1.70 bits per heavy atom. The Balaban J connectivity index is 1.62. The summed E-state index contributed by atoms with van der Waals surface area (Å²) in [6.45, 7) is 0. The Morgan fingerprint density at radius 1 is 0.967 bits per heavy atom. The van der Waals surface area contributed by atoms with Crippen LogP contribution in [-0.4, -0.2) is 21.4 Å². The average molecular weight is 436 g/mol. The molecule has 0 aliphatic carbocycles. The molecule has 4 rings (SSSR count). The van der Waals surface area contributed by atoms with Gasteiger partial charge >= 0.3 is 0 Å². The predicted octanol–water partition coefficient (Wildman–Crippen LogP) is 5.51. The Kier molecular flexibility index (Phi) is 5.79. The van der Waals surface area contributed by atoms with E-state index in [0.717, 1.165) is 22.0 Å². The maximum absolute atomic E-state index is 12.7. The van der Waals surface area contributed by atoms with Crippen molar-refractivity contribution in [1.29, 1.82) is 0 Å². The second-order valence-corrected chi connectivity index (χ2v) is 8.18. The molecule has 3 aromatic carbocycles. The molecule has 7 heteroatoms. The summed E-state index contributed by atoms with van der Waals surface area (Å²) in [7, 11) is -1.17. The Morgan fingerprint density at radius 3 is 2.47 bits per heavy atom. The van der Waals surface area contributed by atoms with Gasteiger partial charge < -0.3 is 10.0 Å². The minimum Gasteiger partial charge on any atom is -0.322 e. The molecule has 0 fully saturated rings. The summed E-state index contributed by atoms with van der Waals surface area (Å²) in [5.74, 6) is -0.252. The topological polar surface area (TPSA) is 71.1 Å². The summed E-state index contributed by atoms with van der Waals surface area (Å²) >= 11 is 6.46. The number of rotatable bonds is 5. The van der Waals surface area contributed by atoms with Crippen molar-refractivity contribution in [3.8, 4) is 11.3 Å². The van der Waals surface area contributed by atoms with Crippen LogP contribution in [0.15, 0.2) is 79.0 Å². The second-order valence-electron chi connectivity index (χ2n) is 6.66. The van der Waals surface area contributed by atoms with Crippen LogP contribution in [0.4, 0.5) is 11.4 Å². The van der Waals surface area contributed by atoms with Crippen LogP contribution in [0.5, 0.6) is 0 Å². The van der Waals surface area contributed by atoms with Gasteiger partial charge in [-0.05, 0) is 53.9 Å². The van der Waals surface area contributed by atoms with Gasteiger partial charge in [0, 0.05) is 40.3 Å². The highest BCUT2D eigenvalue weighted by molar-refractivity contribution is 7.85. The highest BCUT2D eigenvalue weighted by atomic mass is 35.5. The van der Waals surface area contributed by atoms with Crippen molar-refractivity contribution in [2.24, 2.45) is 0 Å². The zero-order valence-corrected chi connectivity index (χ0v) is 17.6. The number of hydrogen-bond donors (Lipinski definition) is 2. The fourth-order valence-electron chi connectivity index (χ4n) is 3.18. The van der Waals surface area contributed by atoms with E-state index in [2.05, 4.69) is 15.0 Å². The summed E-state index contributed by atoms with van der Waals surface area (Å²) in [6, 6.07) is 22.0. The van der Waals surface area contributed by atoms with Gasteiger partial charge in [0.2, 0.25) is 0 Å². The molecule has 30 heavy (non-hydrogen) atoms. The Hall–Kier alpha value is -3.22. The van der Waals surface area contributed by atoms with E-state index in [1.165, 1.54) is 0 Å². The van der Waals surface area contributed by atoms with Crippen LogP contribution in [0.3, 0.4) is 0 Å². The monoisotopic (exact) mass is 435 g/mol. The van der Waals surface area contributed by atoms with Crippen LogP contribution in [0.2, 0.25) is 5.02 Å². The lowest BCUT2D eigenvalue weighted by molar-refractivity contribution is 0.102. The molecule has 1 aromatic heterocycles. The average Bonchev–Trinajstić information content (AvgIpc) is 2.75. The molecule has 1 heterocycles. The first kappa shape index (κ1) is 20.1. The van der Waals surface area contributed by atoms with E-state index >= 15 is 0 Å². The van der Waals surface area contributed by atoms with Crippen molar-refractivity contribution in [3.63, 3.8) is 0 Å². The first-order valence-electron chi connectivity index (χ1n) is 9.16. The molecule has 0 bridgehead atoms. The molecule has 0 spiro atoms. The number of benzene rings is 3. The third-order valence-corrected chi connectivity index (χ3v) is 5.41. The summed E-state index contributed by atoms with van der Waals surface area (Å²) in [4.78, 5) is 17.2. The summed E-state index contributed by atoms with van der Waals surface area (Å²) < 4.78 is 14.0. The van der Waals surface area contributed by atoms with Gasteiger partial charge in [0.15, 0.2) is 0 Å². The molecule has 0 radical (unpaired) electrons. The number of anilines is 2. The highest BCUT2D eigenvalue weighted by Crippen LogP contribution is 2.33. The molecule has 1 unspecified atom stereocenters. The molecule has 4 aromatic rings. The minimum absolute atomic E-state index is 0.252. The van der Waals surface area contributed by atoms with Crippen LogP contribution in [0.25, 0.3) is 22.0 Å². The number of amides is 1. The number of pyridine rings is 1. The normalized spacial score (nSPS) is 11.8. The van der Waals surface area contributed by atoms with Gasteiger partial charge in [0.25, 0.3) is 5.91 Å². The van der Waals surface area contributed by atoms with E-state index in [0.29, 0.717) is 22.0 Å². The van der Waals surface area contributed by atoms with Gasteiger partial charge in [-0.15, -0.1) is 0 Å². The van der Waals surface area contributed by atoms with Gasteiger partial charge in [-0.1, -0.05) is 35.9 Å². The largest absolute Gasteiger partial charge is 0.322 e. The van der Waals surface area contributed by atoms with Crippen molar-refractivity contribution in [2.45, 2.75) is 0 Å². The molecule has 150 valence electrons.